The van der Waals surface area contributed by atoms with E-state index in [9.17, 15) is 9.90 Å². The van der Waals surface area contributed by atoms with Crippen molar-refractivity contribution >= 4 is 5.97 Å². The first-order valence-corrected chi connectivity index (χ1v) is 13.8. The maximum absolute atomic E-state index is 11.6. The zero-order valence-electron chi connectivity index (χ0n) is 21.8. The zero-order valence-corrected chi connectivity index (χ0v) is 21.8. The second-order valence-corrected chi connectivity index (χ2v) is 13.2. The number of ether oxygens (including phenoxy) is 2. The molecule has 1 spiro atoms. The van der Waals surface area contributed by atoms with Crippen molar-refractivity contribution in [2.24, 2.45) is 34.5 Å². The lowest BCUT2D eigenvalue weighted by Crippen LogP contribution is -2.55. The van der Waals surface area contributed by atoms with Gasteiger partial charge in [0.1, 0.15) is 23.9 Å². The van der Waals surface area contributed by atoms with E-state index in [1.165, 1.54) is 56.6 Å². The van der Waals surface area contributed by atoms with Crippen LogP contribution in [0.15, 0.2) is 11.1 Å². The number of esters is 1. The van der Waals surface area contributed by atoms with Gasteiger partial charge in [-0.25, -0.2) is 0 Å². The number of aliphatic hydroxyl groups excluding tert-OH is 1. The molecule has 0 unspecified atom stereocenters. The SMILES string of the molecule is CC(=O)O[C@H]1CC[C@]2(C)C3=C([C@H](O)[C@@H]4O[C@@]42C1)[C@@H]1CC[C@H]([C@H](C)CCCC(C)C)[C@@]1(C)CC3. The summed E-state index contributed by atoms with van der Waals surface area (Å²) in [5.74, 6) is 2.60. The van der Waals surface area contributed by atoms with Crippen molar-refractivity contribution in [2.75, 3.05) is 0 Å². The summed E-state index contributed by atoms with van der Waals surface area (Å²) in [5, 5.41) is 11.6. The van der Waals surface area contributed by atoms with Gasteiger partial charge in [-0.15, -0.1) is 0 Å². The van der Waals surface area contributed by atoms with Crippen molar-refractivity contribution in [2.45, 2.75) is 130 Å². The van der Waals surface area contributed by atoms with Gasteiger partial charge in [-0.05, 0) is 73.2 Å². The minimum Gasteiger partial charge on any atom is -0.462 e. The Morgan fingerprint density at radius 1 is 1.15 bits per heavy atom. The molecular formula is C29H46O4. The van der Waals surface area contributed by atoms with Crippen LogP contribution in [0.1, 0.15) is 106 Å². The molecule has 3 fully saturated rings. The number of fused-ring (bicyclic) bond motifs is 3. The molecule has 4 nitrogen and oxygen atoms in total. The van der Waals surface area contributed by atoms with Gasteiger partial charge in [0.15, 0.2) is 0 Å². The van der Waals surface area contributed by atoms with E-state index in [1.54, 1.807) is 0 Å². The van der Waals surface area contributed by atoms with Gasteiger partial charge in [0.25, 0.3) is 0 Å². The average Bonchev–Trinajstić information content (AvgIpc) is 3.35. The van der Waals surface area contributed by atoms with Gasteiger partial charge in [-0.3, -0.25) is 4.79 Å². The number of aliphatic hydroxyl groups is 1. The maximum Gasteiger partial charge on any atom is 0.302 e. The van der Waals surface area contributed by atoms with Crippen molar-refractivity contribution < 1.29 is 19.4 Å². The summed E-state index contributed by atoms with van der Waals surface area (Å²) in [5.41, 5.74) is 2.83. The van der Waals surface area contributed by atoms with Crippen LogP contribution in [0.3, 0.4) is 0 Å². The second kappa shape index (κ2) is 8.08. The molecule has 1 N–H and O–H groups in total. The van der Waals surface area contributed by atoms with Crippen LogP contribution in [0.4, 0.5) is 0 Å². The normalized spacial score (nSPS) is 46.8. The van der Waals surface area contributed by atoms with Crippen LogP contribution in [0.5, 0.6) is 0 Å². The summed E-state index contributed by atoms with van der Waals surface area (Å²) in [6.07, 6.45) is 10.8. The van der Waals surface area contributed by atoms with Crippen molar-refractivity contribution in [3.8, 4) is 0 Å². The van der Waals surface area contributed by atoms with E-state index in [0.717, 1.165) is 43.4 Å². The Hall–Kier alpha value is -0.870. The smallest absolute Gasteiger partial charge is 0.302 e. The second-order valence-electron chi connectivity index (χ2n) is 13.2. The Balaban J connectivity index is 1.40. The third kappa shape index (κ3) is 3.48. The highest BCUT2D eigenvalue weighted by atomic mass is 16.6. The highest BCUT2D eigenvalue weighted by Gasteiger charge is 2.76. The molecule has 4 aliphatic carbocycles. The summed E-state index contributed by atoms with van der Waals surface area (Å²) in [7, 11) is 0. The molecule has 5 aliphatic rings. The van der Waals surface area contributed by atoms with Gasteiger partial charge < -0.3 is 14.6 Å². The Kier molecular flexibility index (Phi) is 5.84. The zero-order chi connectivity index (χ0) is 23.8. The van der Waals surface area contributed by atoms with Crippen LogP contribution < -0.4 is 0 Å². The fraction of sp³-hybridized carbons (Fsp3) is 0.897. The summed E-state index contributed by atoms with van der Waals surface area (Å²) in [6.45, 7) is 13.6. The highest BCUT2D eigenvalue weighted by Crippen LogP contribution is 2.72. The summed E-state index contributed by atoms with van der Waals surface area (Å²) >= 11 is 0. The van der Waals surface area contributed by atoms with E-state index < -0.39 is 6.10 Å². The lowest BCUT2D eigenvalue weighted by molar-refractivity contribution is -0.150. The molecule has 0 aromatic carbocycles. The molecule has 186 valence electrons. The van der Waals surface area contributed by atoms with E-state index >= 15 is 0 Å². The lowest BCUT2D eigenvalue weighted by Gasteiger charge is -2.54. The van der Waals surface area contributed by atoms with Gasteiger partial charge in [0.2, 0.25) is 0 Å². The van der Waals surface area contributed by atoms with Gasteiger partial charge in [0, 0.05) is 18.8 Å². The predicted octanol–water partition coefficient (Wildman–Crippen LogP) is 6.21. The largest absolute Gasteiger partial charge is 0.462 e. The van der Waals surface area contributed by atoms with Crippen LogP contribution in [-0.4, -0.2) is 35.0 Å². The monoisotopic (exact) mass is 458 g/mol. The minimum atomic E-state index is -0.483. The van der Waals surface area contributed by atoms with Crippen molar-refractivity contribution in [3.05, 3.63) is 11.1 Å². The average molecular weight is 459 g/mol. The summed E-state index contributed by atoms with van der Waals surface area (Å²) in [4.78, 5) is 11.6. The third-order valence-electron chi connectivity index (χ3n) is 10.9. The molecule has 4 heteroatoms. The molecule has 33 heavy (non-hydrogen) atoms. The maximum atomic E-state index is 11.6. The molecule has 0 radical (unpaired) electrons. The molecule has 2 saturated carbocycles. The Morgan fingerprint density at radius 2 is 1.91 bits per heavy atom. The molecule has 0 bridgehead atoms. The molecule has 0 amide bonds. The molecule has 1 aliphatic heterocycles. The van der Waals surface area contributed by atoms with Crippen LogP contribution in [0.2, 0.25) is 0 Å². The van der Waals surface area contributed by atoms with Gasteiger partial charge >= 0.3 is 5.97 Å². The standard InChI is InChI=1S/C29H46O4/c1-17(2)8-7-9-18(3)21-10-11-22-24-23(13-14-27(21,22)5)28(6)15-12-20(32-19(4)30)16-29(28)26(33-29)25(24)31/h17-18,20-22,25-26,31H,7-16H2,1-6H3/t18-,20+,21-,22+,25+,26+,27-,28-,29+/m1/s1. The first kappa shape index (κ1) is 23.9. The number of epoxide rings is 1. The number of carbonyl (C=O) groups is 1. The highest BCUT2D eigenvalue weighted by molar-refractivity contribution is 5.66. The minimum absolute atomic E-state index is 0.0226. The predicted molar refractivity (Wildman–Crippen MR) is 130 cm³/mol. The fourth-order valence-corrected chi connectivity index (χ4v) is 9.20. The fourth-order valence-electron chi connectivity index (χ4n) is 9.20. The van der Waals surface area contributed by atoms with Crippen molar-refractivity contribution in [3.63, 3.8) is 0 Å². The van der Waals surface area contributed by atoms with E-state index in [4.69, 9.17) is 9.47 Å². The number of rotatable bonds is 6. The van der Waals surface area contributed by atoms with Crippen LogP contribution in [0, 0.1) is 34.5 Å². The van der Waals surface area contributed by atoms with Crippen LogP contribution >= 0.6 is 0 Å². The van der Waals surface area contributed by atoms with Gasteiger partial charge in [-0.2, -0.15) is 0 Å². The van der Waals surface area contributed by atoms with Crippen LogP contribution in [-0.2, 0) is 14.3 Å². The van der Waals surface area contributed by atoms with E-state index in [-0.39, 0.29) is 29.2 Å². The number of hydrogen-bond acceptors (Lipinski definition) is 4. The molecule has 1 heterocycles. The Morgan fingerprint density at radius 3 is 2.61 bits per heavy atom. The summed E-state index contributed by atoms with van der Waals surface area (Å²) < 4.78 is 12.0. The molecular weight excluding hydrogens is 412 g/mol. The van der Waals surface area contributed by atoms with E-state index in [1.807, 2.05) is 0 Å². The number of carbonyl (C=O) groups excluding carboxylic acids is 1. The third-order valence-corrected chi connectivity index (χ3v) is 10.9. The lowest BCUT2D eigenvalue weighted by atomic mass is 9.49. The van der Waals surface area contributed by atoms with Crippen LogP contribution in [0.25, 0.3) is 0 Å². The molecule has 5 rings (SSSR count). The summed E-state index contributed by atoms with van der Waals surface area (Å²) in [6, 6.07) is 0. The van der Waals surface area contributed by atoms with Gasteiger partial charge in [-0.1, -0.05) is 59.5 Å². The van der Waals surface area contributed by atoms with Crippen molar-refractivity contribution in [1.29, 1.82) is 0 Å². The molecule has 0 aromatic heterocycles. The molecule has 1 saturated heterocycles. The Labute approximate surface area is 200 Å². The van der Waals surface area contributed by atoms with Crippen molar-refractivity contribution in [1.82, 2.24) is 0 Å². The molecule has 0 aromatic rings. The Bertz CT molecular complexity index is 831. The first-order chi connectivity index (χ1) is 15.5. The number of hydrogen-bond donors (Lipinski definition) is 1. The topological polar surface area (TPSA) is 59.1 Å². The van der Waals surface area contributed by atoms with E-state index in [2.05, 4.69) is 34.6 Å². The quantitative estimate of drug-likeness (QED) is 0.292. The first-order valence-electron chi connectivity index (χ1n) is 13.8. The molecule has 9 atom stereocenters. The van der Waals surface area contributed by atoms with Gasteiger partial charge in [0.05, 0.1) is 0 Å². The van der Waals surface area contributed by atoms with E-state index in [0.29, 0.717) is 11.3 Å².